The van der Waals surface area contributed by atoms with Gasteiger partial charge in [0.1, 0.15) is 0 Å². The van der Waals surface area contributed by atoms with Gasteiger partial charge in [0, 0.05) is 32.2 Å². The van der Waals surface area contributed by atoms with Crippen LogP contribution in [0.3, 0.4) is 0 Å². The third-order valence-electron chi connectivity index (χ3n) is 2.61. The van der Waals surface area contributed by atoms with E-state index in [-0.39, 0.29) is 19.3 Å². The Morgan fingerprint density at radius 1 is 1.46 bits per heavy atom. The topological polar surface area (TPSA) is 46.6 Å². The maximum absolute atomic E-state index is 10.3. The van der Waals surface area contributed by atoms with Gasteiger partial charge in [-0.3, -0.25) is 4.90 Å². The highest BCUT2D eigenvalue weighted by atomic mass is 16.3. The van der Waals surface area contributed by atoms with Gasteiger partial charge in [-0.05, 0) is 13.5 Å². The Labute approximate surface area is 79.8 Å². The Morgan fingerprint density at radius 2 is 2.23 bits per heavy atom. The van der Waals surface area contributed by atoms with E-state index in [2.05, 4.69) is 16.8 Å². The van der Waals surface area contributed by atoms with Crippen molar-refractivity contribution in [2.45, 2.75) is 12.5 Å². The fraction of sp³-hybridized carbons (Fsp3) is 1.00. The molecular formula is C9H19N2O2. The van der Waals surface area contributed by atoms with Gasteiger partial charge in [0.2, 0.25) is 0 Å². The van der Waals surface area contributed by atoms with E-state index >= 15 is 0 Å². The van der Waals surface area contributed by atoms with Gasteiger partial charge < -0.3 is 10.0 Å². The molecule has 1 radical (unpaired) electrons. The van der Waals surface area contributed by atoms with Crippen LogP contribution >= 0.6 is 0 Å². The first-order valence-electron chi connectivity index (χ1n) is 4.89. The van der Waals surface area contributed by atoms with E-state index in [1.165, 1.54) is 0 Å². The molecule has 0 bridgehead atoms. The number of aliphatic hydroxyl groups is 1. The van der Waals surface area contributed by atoms with Crippen LogP contribution in [0.15, 0.2) is 0 Å². The minimum absolute atomic E-state index is 0.00944. The highest BCUT2D eigenvalue weighted by molar-refractivity contribution is 4.79. The molecule has 1 aliphatic rings. The molecule has 0 aromatic heterocycles. The highest BCUT2D eigenvalue weighted by Gasteiger charge is 2.23. The van der Waals surface area contributed by atoms with Crippen molar-refractivity contribution >= 4 is 0 Å². The summed E-state index contributed by atoms with van der Waals surface area (Å²) < 4.78 is 0. The number of hydrogen-bond donors (Lipinski definition) is 1. The SMILES string of the molecule is CN1CCN(CCC[O])[C@@H](CO)C1. The van der Waals surface area contributed by atoms with Crippen LogP contribution in [0.2, 0.25) is 0 Å². The normalized spacial score (nSPS) is 26.5. The summed E-state index contributed by atoms with van der Waals surface area (Å²) in [5.41, 5.74) is 0. The van der Waals surface area contributed by atoms with Crippen molar-refractivity contribution in [1.82, 2.24) is 9.80 Å². The van der Waals surface area contributed by atoms with E-state index in [9.17, 15) is 5.11 Å². The van der Waals surface area contributed by atoms with Gasteiger partial charge in [-0.25, -0.2) is 5.11 Å². The van der Waals surface area contributed by atoms with Gasteiger partial charge in [-0.15, -0.1) is 0 Å². The van der Waals surface area contributed by atoms with Crippen molar-refractivity contribution in [3.05, 3.63) is 0 Å². The molecule has 0 spiro atoms. The van der Waals surface area contributed by atoms with E-state index in [0.717, 1.165) is 26.2 Å². The maximum Gasteiger partial charge on any atom is 0.0834 e. The van der Waals surface area contributed by atoms with Crippen molar-refractivity contribution in [3.8, 4) is 0 Å². The van der Waals surface area contributed by atoms with Crippen molar-refractivity contribution in [2.24, 2.45) is 0 Å². The minimum Gasteiger partial charge on any atom is -0.395 e. The Kier molecular flexibility index (Phi) is 4.66. The number of rotatable bonds is 4. The van der Waals surface area contributed by atoms with Crippen LogP contribution in [0.4, 0.5) is 0 Å². The Morgan fingerprint density at radius 3 is 2.85 bits per heavy atom. The molecule has 0 aromatic rings. The minimum atomic E-state index is -0.00944. The zero-order valence-electron chi connectivity index (χ0n) is 8.28. The molecule has 1 aliphatic heterocycles. The largest absolute Gasteiger partial charge is 0.395 e. The third-order valence-corrected chi connectivity index (χ3v) is 2.61. The molecule has 0 saturated carbocycles. The zero-order valence-corrected chi connectivity index (χ0v) is 8.28. The van der Waals surface area contributed by atoms with E-state index < -0.39 is 0 Å². The number of hydrogen-bond acceptors (Lipinski definition) is 3. The smallest absolute Gasteiger partial charge is 0.0834 e. The lowest BCUT2D eigenvalue weighted by Gasteiger charge is -2.39. The Hall–Kier alpha value is -0.160. The summed E-state index contributed by atoms with van der Waals surface area (Å²) in [6.45, 7) is 3.95. The molecular weight excluding hydrogens is 168 g/mol. The van der Waals surface area contributed by atoms with Gasteiger partial charge in [0.05, 0.1) is 13.2 Å². The van der Waals surface area contributed by atoms with E-state index in [1.54, 1.807) is 0 Å². The summed E-state index contributed by atoms with van der Waals surface area (Å²) in [6.07, 6.45) is 0.695. The van der Waals surface area contributed by atoms with Gasteiger partial charge in [0.25, 0.3) is 0 Å². The van der Waals surface area contributed by atoms with Gasteiger partial charge in [-0.2, -0.15) is 0 Å². The van der Waals surface area contributed by atoms with Crippen molar-refractivity contribution < 1.29 is 10.2 Å². The summed E-state index contributed by atoms with van der Waals surface area (Å²) in [5.74, 6) is 0. The van der Waals surface area contributed by atoms with Crippen LogP contribution in [-0.4, -0.2) is 67.4 Å². The fourth-order valence-electron chi connectivity index (χ4n) is 1.78. The number of aliphatic hydroxyl groups excluding tert-OH is 1. The summed E-state index contributed by atoms with van der Waals surface area (Å²) in [6, 6.07) is 0.227. The Balaban J connectivity index is 2.33. The van der Waals surface area contributed by atoms with Crippen molar-refractivity contribution in [3.63, 3.8) is 0 Å². The lowest BCUT2D eigenvalue weighted by atomic mass is 10.2. The first kappa shape index (κ1) is 10.9. The van der Waals surface area contributed by atoms with Gasteiger partial charge in [0.15, 0.2) is 0 Å². The van der Waals surface area contributed by atoms with E-state index in [1.807, 2.05) is 0 Å². The average Bonchev–Trinajstić information content (AvgIpc) is 2.16. The van der Waals surface area contributed by atoms with Crippen LogP contribution in [0, 0.1) is 0 Å². The predicted molar refractivity (Wildman–Crippen MR) is 50.1 cm³/mol. The lowest BCUT2D eigenvalue weighted by molar-refractivity contribution is 0.0440. The third kappa shape index (κ3) is 3.23. The first-order chi connectivity index (χ1) is 6.27. The molecule has 0 unspecified atom stereocenters. The van der Waals surface area contributed by atoms with Gasteiger partial charge >= 0.3 is 0 Å². The molecule has 0 aliphatic carbocycles. The van der Waals surface area contributed by atoms with Crippen LogP contribution < -0.4 is 0 Å². The lowest BCUT2D eigenvalue weighted by Crippen LogP contribution is -2.53. The maximum atomic E-state index is 10.3. The second-order valence-corrected chi connectivity index (χ2v) is 3.69. The molecule has 1 saturated heterocycles. The van der Waals surface area contributed by atoms with Crippen LogP contribution in [0.25, 0.3) is 0 Å². The molecule has 13 heavy (non-hydrogen) atoms. The quantitative estimate of drug-likeness (QED) is 0.640. The highest BCUT2D eigenvalue weighted by Crippen LogP contribution is 2.08. The summed E-state index contributed by atoms with van der Waals surface area (Å²) in [7, 11) is 2.06. The molecule has 4 nitrogen and oxygen atoms in total. The number of nitrogens with zero attached hydrogens (tertiary/aromatic N) is 2. The Bertz CT molecular complexity index is 142. The summed E-state index contributed by atoms with van der Waals surface area (Å²) in [4.78, 5) is 4.44. The predicted octanol–water partition coefficient (Wildman–Crippen LogP) is -0.585. The van der Waals surface area contributed by atoms with Crippen LogP contribution in [0.5, 0.6) is 0 Å². The average molecular weight is 187 g/mol. The fourth-order valence-corrected chi connectivity index (χ4v) is 1.78. The molecule has 77 valence electrons. The second-order valence-electron chi connectivity index (χ2n) is 3.69. The van der Waals surface area contributed by atoms with Gasteiger partial charge in [-0.1, -0.05) is 0 Å². The van der Waals surface area contributed by atoms with E-state index in [4.69, 9.17) is 5.11 Å². The van der Waals surface area contributed by atoms with Crippen LogP contribution in [0.1, 0.15) is 6.42 Å². The second kappa shape index (κ2) is 5.54. The molecule has 0 aromatic carbocycles. The molecule has 0 amide bonds. The standard InChI is InChI=1S/C9H19N2O2/c1-10-4-5-11(3-2-6-12)9(7-10)8-13/h9,13H,2-8H2,1H3/t9-/m1/s1. The molecule has 1 rings (SSSR count). The summed E-state index contributed by atoms with van der Waals surface area (Å²) >= 11 is 0. The number of piperazine rings is 1. The monoisotopic (exact) mass is 187 g/mol. The molecule has 1 atom stereocenters. The van der Waals surface area contributed by atoms with Crippen molar-refractivity contribution in [2.75, 3.05) is 46.4 Å². The van der Waals surface area contributed by atoms with Crippen molar-refractivity contribution in [1.29, 1.82) is 0 Å². The molecule has 1 fully saturated rings. The number of likely N-dealkylation sites (N-methyl/N-ethyl adjacent to an activating group) is 1. The molecule has 1 N–H and O–H groups in total. The molecule has 4 heteroatoms. The molecule has 1 heterocycles. The van der Waals surface area contributed by atoms with E-state index in [0.29, 0.717) is 6.42 Å². The summed E-state index contributed by atoms with van der Waals surface area (Å²) in [5, 5.41) is 19.5. The first-order valence-corrected chi connectivity index (χ1v) is 4.89. The van der Waals surface area contributed by atoms with Crippen LogP contribution in [-0.2, 0) is 5.11 Å². The zero-order chi connectivity index (χ0) is 9.68.